The molecule has 0 saturated carbocycles. The minimum Gasteiger partial charge on any atom is -0.398 e. The zero-order chi connectivity index (χ0) is 14.8. The molecule has 6 nitrogen and oxygen atoms in total. The van der Waals surface area contributed by atoms with Gasteiger partial charge in [-0.1, -0.05) is 0 Å². The molecule has 0 aliphatic rings. The summed E-state index contributed by atoms with van der Waals surface area (Å²) in [5.74, 6) is -1.07. The molecule has 0 aliphatic heterocycles. The van der Waals surface area contributed by atoms with E-state index in [-0.39, 0.29) is 28.4 Å². The van der Waals surface area contributed by atoms with Crippen molar-refractivity contribution in [3.8, 4) is 0 Å². The van der Waals surface area contributed by atoms with Crippen LogP contribution in [0, 0.1) is 12.7 Å². The van der Waals surface area contributed by atoms with Gasteiger partial charge in [-0.15, -0.1) is 0 Å². The molecule has 0 fully saturated rings. The highest BCUT2D eigenvalue weighted by Crippen LogP contribution is 2.20. The Balaban J connectivity index is 2.95. The molecular weight excluding hydrogens is 295 g/mol. The van der Waals surface area contributed by atoms with Crippen molar-refractivity contribution in [1.82, 2.24) is 4.72 Å². The van der Waals surface area contributed by atoms with E-state index in [0.29, 0.717) is 0 Å². The summed E-state index contributed by atoms with van der Waals surface area (Å²) in [6.07, 6.45) is 0.991. The molecule has 0 unspecified atom stereocenters. The van der Waals surface area contributed by atoms with Crippen LogP contribution < -0.4 is 10.5 Å². The Kier molecular flexibility index (Phi) is 4.54. The molecule has 0 heterocycles. The number of sulfone groups is 1. The minimum atomic E-state index is -3.98. The van der Waals surface area contributed by atoms with Gasteiger partial charge in [-0.3, -0.25) is 0 Å². The molecule has 1 aromatic rings. The maximum atomic E-state index is 13.4. The van der Waals surface area contributed by atoms with Gasteiger partial charge >= 0.3 is 0 Å². The topological polar surface area (TPSA) is 106 Å². The number of rotatable bonds is 5. The Bertz CT molecular complexity index is 660. The summed E-state index contributed by atoms with van der Waals surface area (Å²) in [7, 11) is -7.26. The molecule has 0 amide bonds. The van der Waals surface area contributed by atoms with Crippen molar-refractivity contribution in [1.29, 1.82) is 0 Å². The summed E-state index contributed by atoms with van der Waals surface area (Å²) in [6, 6.07) is 1.97. The number of anilines is 1. The van der Waals surface area contributed by atoms with Gasteiger partial charge in [0.1, 0.15) is 15.7 Å². The first-order chi connectivity index (χ1) is 8.53. The van der Waals surface area contributed by atoms with Crippen LogP contribution in [0.5, 0.6) is 0 Å². The minimum absolute atomic E-state index is 0.0171. The van der Waals surface area contributed by atoms with Crippen molar-refractivity contribution in [2.75, 3.05) is 24.3 Å². The SMILES string of the molecule is Cc1c(N)cc(S(=O)(=O)NCCS(C)(=O)=O)cc1F. The Hall–Kier alpha value is -1.19. The molecule has 1 aromatic carbocycles. The summed E-state index contributed by atoms with van der Waals surface area (Å²) < 4.78 is 60.9. The lowest BCUT2D eigenvalue weighted by Gasteiger charge is -2.09. The maximum absolute atomic E-state index is 13.4. The van der Waals surface area contributed by atoms with Crippen LogP contribution in [-0.2, 0) is 19.9 Å². The zero-order valence-electron chi connectivity index (χ0n) is 10.5. The van der Waals surface area contributed by atoms with E-state index < -0.39 is 25.7 Å². The van der Waals surface area contributed by atoms with Gasteiger partial charge in [-0.2, -0.15) is 0 Å². The van der Waals surface area contributed by atoms with Crippen molar-refractivity contribution in [3.05, 3.63) is 23.5 Å². The van der Waals surface area contributed by atoms with Gasteiger partial charge < -0.3 is 5.73 Å². The van der Waals surface area contributed by atoms with E-state index in [1.807, 2.05) is 0 Å². The average molecular weight is 310 g/mol. The van der Waals surface area contributed by atoms with E-state index in [1.54, 1.807) is 0 Å². The number of sulfonamides is 1. The molecule has 0 radical (unpaired) electrons. The van der Waals surface area contributed by atoms with Crippen molar-refractivity contribution < 1.29 is 21.2 Å². The predicted molar refractivity (Wildman–Crippen MR) is 70.4 cm³/mol. The van der Waals surface area contributed by atoms with Gasteiger partial charge in [-0.25, -0.2) is 25.9 Å². The van der Waals surface area contributed by atoms with Crippen molar-refractivity contribution in [2.24, 2.45) is 0 Å². The van der Waals surface area contributed by atoms with Gasteiger partial charge in [0.2, 0.25) is 10.0 Å². The Morgan fingerprint density at radius 3 is 2.32 bits per heavy atom. The van der Waals surface area contributed by atoms with Crippen LogP contribution in [0.2, 0.25) is 0 Å². The number of nitrogens with two attached hydrogens (primary N) is 1. The lowest BCUT2D eigenvalue weighted by molar-refractivity contribution is 0.577. The number of benzene rings is 1. The molecule has 3 N–H and O–H groups in total. The summed E-state index contributed by atoms with van der Waals surface area (Å²) in [5.41, 5.74) is 5.67. The summed E-state index contributed by atoms with van der Waals surface area (Å²) in [4.78, 5) is -0.332. The van der Waals surface area contributed by atoms with Gasteiger partial charge in [-0.05, 0) is 19.1 Å². The quantitative estimate of drug-likeness (QED) is 0.747. The predicted octanol–water partition coefficient (Wildman–Crippen LogP) is 0.0392. The third-order valence-electron chi connectivity index (χ3n) is 2.43. The van der Waals surface area contributed by atoms with E-state index in [0.717, 1.165) is 18.4 Å². The maximum Gasteiger partial charge on any atom is 0.240 e. The Morgan fingerprint density at radius 1 is 1.26 bits per heavy atom. The number of halogens is 1. The van der Waals surface area contributed by atoms with Gasteiger partial charge in [0.25, 0.3) is 0 Å². The highest BCUT2D eigenvalue weighted by Gasteiger charge is 2.17. The highest BCUT2D eigenvalue weighted by atomic mass is 32.2. The number of nitrogen functional groups attached to an aromatic ring is 1. The monoisotopic (exact) mass is 310 g/mol. The zero-order valence-corrected chi connectivity index (χ0v) is 12.1. The number of hydrogen-bond donors (Lipinski definition) is 2. The fourth-order valence-electron chi connectivity index (χ4n) is 1.27. The molecule has 0 aliphatic carbocycles. The summed E-state index contributed by atoms with van der Waals surface area (Å²) in [5, 5.41) is 0. The lowest BCUT2D eigenvalue weighted by Crippen LogP contribution is -2.29. The summed E-state index contributed by atoms with van der Waals surface area (Å²) in [6.45, 7) is 1.15. The molecule has 0 aromatic heterocycles. The standard InChI is InChI=1S/C10H15FN2O4S2/c1-7-9(11)5-8(6-10(7)12)19(16,17)13-3-4-18(2,14)15/h5-6,13H,3-4,12H2,1-2H3. The summed E-state index contributed by atoms with van der Waals surface area (Å²) >= 11 is 0. The molecule has 1 rings (SSSR count). The molecule has 0 spiro atoms. The third-order valence-corrected chi connectivity index (χ3v) is 4.82. The second kappa shape index (κ2) is 5.43. The highest BCUT2D eigenvalue weighted by molar-refractivity contribution is 7.91. The van der Waals surface area contributed by atoms with Crippen molar-refractivity contribution >= 4 is 25.5 Å². The van der Waals surface area contributed by atoms with E-state index in [4.69, 9.17) is 5.73 Å². The van der Waals surface area contributed by atoms with E-state index in [1.165, 1.54) is 6.92 Å². The van der Waals surface area contributed by atoms with Crippen molar-refractivity contribution in [2.45, 2.75) is 11.8 Å². The molecule has 19 heavy (non-hydrogen) atoms. The third kappa shape index (κ3) is 4.44. The first kappa shape index (κ1) is 15.9. The Labute approximate surface area is 111 Å². The van der Waals surface area contributed by atoms with E-state index in [9.17, 15) is 21.2 Å². The largest absolute Gasteiger partial charge is 0.398 e. The molecule has 0 atom stereocenters. The van der Waals surface area contributed by atoms with Crippen LogP contribution in [0.4, 0.5) is 10.1 Å². The average Bonchev–Trinajstić information content (AvgIpc) is 2.22. The van der Waals surface area contributed by atoms with Crippen LogP contribution in [0.3, 0.4) is 0 Å². The normalized spacial score (nSPS) is 12.6. The molecular formula is C10H15FN2O4S2. The van der Waals surface area contributed by atoms with E-state index in [2.05, 4.69) is 4.72 Å². The fourth-order valence-corrected chi connectivity index (χ4v) is 2.95. The van der Waals surface area contributed by atoms with Crippen LogP contribution in [-0.4, -0.2) is 35.4 Å². The fraction of sp³-hybridized carbons (Fsp3) is 0.400. The van der Waals surface area contributed by atoms with Crippen LogP contribution >= 0.6 is 0 Å². The lowest BCUT2D eigenvalue weighted by atomic mass is 10.2. The smallest absolute Gasteiger partial charge is 0.240 e. The van der Waals surface area contributed by atoms with Crippen LogP contribution in [0.25, 0.3) is 0 Å². The molecule has 108 valence electrons. The molecule has 0 bridgehead atoms. The molecule has 0 saturated heterocycles. The number of hydrogen-bond acceptors (Lipinski definition) is 5. The van der Waals surface area contributed by atoms with E-state index >= 15 is 0 Å². The Morgan fingerprint density at radius 2 is 1.84 bits per heavy atom. The second-order valence-electron chi connectivity index (χ2n) is 4.15. The second-order valence-corrected chi connectivity index (χ2v) is 8.17. The first-order valence-electron chi connectivity index (χ1n) is 5.26. The molecule has 9 heteroatoms. The van der Waals surface area contributed by atoms with Gasteiger partial charge in [0.15, 0.2) is 0 Å². The van der Waals surface area contributed by atoms with Gasteiger partial charge in [0, 0.05) is 24.1 Å². The van der Waals surface area contributed by atoms with Crippen LogP contribution in [0.1, 0.15) is 5.56 Å². The van der Waals surface area contributed by atoms with Crippen molar-refractivity contribution in [3.63, 3.8) is 0 Å². The van der Waals surface area contributed by atoms with Crippen LogP contribution in [0.15, 0.2) is 17.0 Å². The van der Waals surface area contributed by atoms with Gasteiger partial charge in [0.05, 0.1) is 10.6 Å². The first-order valence-corrected chi connectivity index (χ1v) is 8.80. The number of nitrogens with one attached hydrogen (secondary N) is 1.